The Kier molecular flexibility index (Phi) is 17.8. The first-order valence-corrected chi connectivity index (χ1v) is 29.4. The molecule has 1 saturated carbocycles. The topological polar surface area (TPSA) is 247 Å². The zero-order chi connectivity index (χ0) is 57.4. The smallest absolute Gasteiger partial charge is 0.346 e. The quantitative estimate of drug-likeness (QED) is 0.0755. The van der Waals surface area contributed by atoms with Crippen LogP contribution in [-0.4, -0.2) is 153 Å². The molecule has 6 N–H and O–H groups in total. The lowest BCUT2D eigenvalue weighted by Gasteiger charge is -2.56. The van der Waals surface area contributed by atoms with Gasteiger partial charge in [-0.2, -0.15) is 0 Å². The summed E-state index contributed by atoms with van der Waals surface area (Å²) >= 11 is 0. The molecule has 4 aliphatic carbocycles. The van der Waals surface area contributed by atoms with Gasteiger partial charge < -0.3 is 73.5 Å². The molecule has 27 atom stereocenters. The monoisotopic (exact) mass is 1110 g/mol. The number of carbonyl (C=O) groups excluding carboxylic acids is 3. The van der Waals surface area contributed by atoms with Crippen LogP contribution in [0.25, 0.3) is 0 Å². The van der Waals surface area contributed by atoms with Crippen LogP contribution in [0.2, 0.25) is 0 Å². The van der Waals surface area contributed by atoms with Crippen LogP contribution in [-0.2, 0) is 57.0 Å². The average molecular weight is 1110 g/mol. The molecule has 0 aromatic rings. The van der Waals surface area contributed by atoms with E-state index in [9.17, 15) is 35.1 Å². The molecule has 5 aliphatic heterocycles. The van der Waals surface area contributed by atoms with E-state index in [-0.39, 0.29) is 90.6 Å². The number of hydrogen-bond donors (Lipinski definition) is 6. The Morgan fingerprint density at radius 3 is 2.04 bits per heavy atom. The molecule has 0 unspecified atom stereocenters. The van der Waals surface area contributed by atoms with Crippen LogP contribution in [0.5, 0.6) is 0 Å². The summed E-state index contributed by atoms with van der Waals surface area (Å²) in [4.78, 5) is 42.4. The van der Waals surface area contributed by atoms with E-state index < -0.39 is 126 Å². The lowest BCUT2D eigenvalue weighted by atomic mass is 9.49. The molecule has 18 nitrogen and oxygen atoms in total. The van der Waals surface area contributed by atoms with Gasteiger partial charge in [-0.25, -0.2) is 4.79 Å². The molecule has 5 saturated heterocycles. The summed E-state index contributed by atoms with van der Waals surface area (Å²) in [5.74, 6) is -3.97. The van der Waals surface area contributed by atoms with Crippen LogP contribution in [0.15, 0.2) is 58.9 Å². The van der Waals surface area contributed by atoms with Crippen molar-refractivity contribution in [2.45, 2.75) is 251 Å². The molecule has 1 spiro atoms. The van der Waals surface area contributed by atoms with Gasteiger partial charge in [0, 0.05) is 68.1 Å². The van der Waals surface area contributed by atoms with Crippen molar-refractivity contribution in [2.24, 2.45) is 52.8 Å². The van der Waals surface area contributed by atoms with Gasteiger partial charge in [0.05, 0.1) is 66.6 Å². The second-order valence-electron chi connectivity index (χ2n) is 25.7. The van der Waals surface area contributed by atoms with Crippen molar-refractivity contribution in [2.75, 3.05) is 0 Å². The fraction of sp³-hybridized carbons (Fsp3) is 0.787. The highest BCUT2D eigenvalue weighted by atomic mass is 16.7. The summed E-state index contributed by atoms with van der Waals surface area (Å²) in [7, 11) is 0. The fourth-order valence-corrected chi connectivity index (χ4v) is 15.6. The lowest BCUT2D eigenvalue weighted by Crippen LogP contribution is -2.62. The van der Waals surface area contributed by atoms with E-state index in [1.165, 1.54) is 6.92 Å². The third-order valence-electron chi connectivity index (χ3n) is 19.6. The predicted octanol–water partition coefficient (Wildman–Crippen LogP) is 6.72. The van der Waals surface area contributed by atoms with Gasteiger partial charge in [0.1, 0.15) is 23.5 Å². The molecule has 1 amide bonds. The standard InChI is InChI=1S/C61H91NO17/c1-14-38-15-16-39-23-32(6)52(78-48-27-59(12,70)55(36(10)74-48)62-37(11)63)30(4)21-28(2)41-18-17-40-50(60(41,13)56(67)49-57(68)61(39,26-38)79-58(49)69)29(3)22-31(5)53(40)76-45-20-19-44(33(7)71-45)75-46-25-43(65)54(35(9)73-46)77-47-24-42(64)51(66)34(8)72-47/h15-18,21,23,29-31,33-36,38-48,50-55,64-67,70H,14,19-20,22,24-27H2,1-13H3,(H,62,63)/b28-21-,32-23?,56-49?/t29-,30+,31-,33-,34+,35+,36-,38+,39-,40+,41-,42+,43+,44+,45+,46-,47-,48+,50+,51-,52-,53-,54+,55-,59+,60-,61+/m0/s1. The molecular formula is C61H91NO17. The highest BCUT2D eigenvalue weighted by molar-refractivity contribution is 6.26. The van der Waals surface area contributed by atoms with E-state index in [4.69, 9.17) is 42.6 Å². The molecule has 5 heterocycles. The zero-order valence-corrected chi connectivity index (χ0v) is 48.6. The molecule has 79 heavy (non-hydrogen) atoms. The van der Waals surface area contributed by atoms with Crippen LogP contribution >= 0.6 is 0 Å². The summed E-state index contributed by atoms with van der Waals surface area (Å²) < 4.78 is 58.1. The van der Waals surface area contributed by atoms with Crippen molar-refractivity contribution in [3.63, 3.8) is 0 Å². The number of hydrogen-bond acceptors (Lipinski definition) is 17. The number of ketones is 1. The number of fused-ring (bicyclic) bond motifs is 4. The summed E-state index contributed by atoms with van der Waals surface area (Å²) in [5.41, 5.74) is -2.79. The minimum Gasteiger partial charge on any atom is -0.511 e. The van der Waals surface area contributed by atoms with E-state index in [1.807, 2.05) is 46.8 Å². The summed E-state index contributed by atoms with van der Waals surface area (Å²) in [6.45, 7) is 24.7. The van der Waals surface area contributed by atoms with E-state index in [0.717, 1.165) is 17.6 Å². The number of carbonyl (C=O) groups is 3. The third kappa shape index (κ3) is 11.5. The Hall–Kier alpha value is -3.37. The fourth-order valence-electron chi connectivity index (χ4n) is 15.6. The van der Waals surface area contributed by atoms with Gasteiger partial charge in [0.15, 0.2) is 30.8 Å². The summed E-state index contributed by atoms with van der Waals surface area (Å²) in [6, 6.07) is -0.666. The normalized spacial score (nSPS) is 50.1. The molecule has 9 aliphatic rings. The molecule has 18 heteroatoms. The Balaban J connectivity index is 0.978. The predicted molar refractivity (Wildman–Crippen MR) is 288 cm³/mol. The number of rotatable bonds is 10. The number of ether oxygens (including phenoxy) is 9. The molecule has 0 aromatic heterocycles. The second-order valence-corrected chi connectivity index (χ2v) is 25.7. The van der Waals surface area contributed by atoms with E-state index in [1.54, 1.807) is 27.7 Å². The van der Waals surface area contributed by atoms with Gasteiger partial charge in [0.25, 0.3) is 0 Å². The van der Waals surface area contributed by atoms with Gasteiger partial charge in [-0.05, 0) is 97.0 Å². The first kappa shape index (κ1) is 60.2. The number of aliphatic hydroxyl groups excluding tert-OH is 4. The zero-order valence-electron chi connectivity index (χ0n) is 48.6. The Labute approximate surface area is 466 Å². The number of amides is 1. The number of aliphatic hydroxyl groups is 5. The van der Waals surface area contributed by atoms with Crippen LogP contribution < -0.4 is 5.32 Å². The molecule has 0 radical (unpaired) electrons. The van der Waals surface area contributed by atoms with Gasteiger partial charge >= 0.3 is 5.97 Å². The Bertz CT molecular complexity index is 2390. The second kappa shape index (κ2) is 23.4. The van der Waals surface area contributed by atoms with Crippen molar-refractivity contribution >= 4 is 17.7 Å². The molecule has 2 bridgehead atoms. The SMILES string of the molecule is CC[C@@H]1C=C[C@H]2C=C(C)[C@@H](O[C@@H]3C[C@@](C)(O)[C@@H](NC(C)=O)[C@H](C)O3)[C@H](C)/C=C(/C)[C@@H]3C=C[C@H]4[C@@H](O[C@@H]5CC[C@@H](O[C@H]6C[C@@H](O)[C@H](O[C@H]7C[C@@H](O)[C@@H](O)[C@@H](C)O7)[C@@H](C)O6)[C@H](C)O5)[C@@H](C)C[C@H](C)[C@H]4[C@@]3(C)C(O)=C3C(=O)O[C@@]2(C1)C3=O. The number of Topliss-reactive ketones (excluding diaryl/α,β-unsaturated/α-hetero) is 1. The molecule has 442 valence electrons. The highest BCUT2D eigenvalue weighted by Crippen LogP contribution is 2.61. The number of nitrogens with one attached hydrogen (secondary N) is 1. The van der Waals surface area contributed by atoms with Crippen molar-refractivity contribution in [1.29, 1.82) is 0 Å². The summed E-state index contributed by atoms with van der Waals surface area (Å²) in [6.07, 6.45) is 5.22. The maximum absolute atomic E-state index is 15.5. The number of esters is 1. The average Bonchev–Trinajstić information content (AvgIpc) is 3.63. The van der Waals surface area contributed by atoms with E-state index >= 15 is 4.79 Å². The number of allylic oxidation sites excluding steroid dienone is 4. The van der Waals surface area contributed by atoms with Gasteiger partial charge in [-0.3, -0.25) is 9.59 Å². The first-order valence-electron chi connectivity index (χ1n) is 29.4. The molecule has 0 aromatic carbocycles. The van der Waals surface area contributed by atoms with Gasteiger partial charge in [-0.1, -0.05) is 76.6 Å². The van der Waals surface area contributed by atoms with Crippen LogP contribution in [0.1, 0.15) is 141 Å². The Morgan fingerprint density at radius 2 is 1.38 bits per heavy atom. The third-order valence-corrected chi connectivity index (χ3v) is 19.6. The van der Waals surface area contributed by atoms with Gasteiger partial charge in [-0.15, -0.1) is 0 Å². The minimum atomic E-state index is -1.62. The molecule has 6 fully saturated rings. The van der Waals surface area contributed by atoms with Crippen molar-refractivity contribution in [3.8, 4) is 0 Å². The van der Waals surface area contributed by atoms with Crippen LogP contribution in [0, 0.1) is 52.8 Å². The van der Waals surface area contributed by atoms with Crippen LogP contribution in [0.3, 0.4) is 0 Å². The van der Waals surface area contributed by atoms with Crippen molar-refractivity contribution in [3.05, 3.63) is 58.9 Å². The van der Waals surface area contributed by atoms with Crippen molar-refractivity contribution in [1.82, 2.24) is 5.32 Å². The largest absolute Gasteiger partial charge is 0.511 e. The van der Waals surface area contributed by atoms with Crippen molar-refractivity contribution < 1.29 is 82.5 Å². The molecule has 9 rings (SSSR count). The minimum absolute atomic E-state index is 0.00252. The lowest BCUT2D eigenvalue weighted by molar-refractivity contribution is -0.328. The van der Waals surface area contributed by atoms with E-state index in [2.05, 4.69) is 50.4 Å². The maximum atomic E-state index is 15.5. The van der Waals surface area contributed by atoms with Crippen LogP contribution in [0.4, 0.5) is 0 Å². The first-order chi connectivity index (χ1) is 37.2. The van der Waals surface area contributed by atoms with Gasteiger partial charge in [0.2, 0.25) is 11.7 Å². The van der Waals surface area contributed by atoms with E-state index in [0.29, 0.717) is 19.3 Å². The maximum Gasteiger partial charge on any atom is 0.346 e. The molecular weight excluding hydrogens is 1020 g/mol. The highest BCUT2D eigenvalue weighted by Gasteiger charge is 2.63. The summed E-state index contributed by atoms with van der Waals surface area (Å²) in [5, 5.41) is 59.5. The Morgan fingerprint density at radius 1 is 0.722 bits per heavy atom.